The van der Waals surface area contributed by atoms with E-state index in [1.165, 1.54) is 5.56 Å². The minimum Gasteiger partial charge on any atom is -0.383 e. The van der Waals surface area contributed by atoms with Crippen molar-refractivity contribution in [2.75, 3.05) is 26.8 Å². The van der Waals surface area contributed by atoms with Crippen molar-refractivity contribution in [3.05, 3.63) is 34.9 Å². The summed E-state index contributed by atoms with van der Waals surface area (Å²) in [4.78, 5) is 14.3. The molecule has 1 saturated heterocycles. The quantitative estimate of drug-likeness (QED) is 0.878. The van der Waals surface area contributed by atoms with Crippen LogP contribution in [0.15, 0.2) is 24.3 Å². The molecule has 1 amide bonds. The number of rotatable bonds is 6. The number of benzene rings is 1. The van der Waals surface area contributed by atoms with Crippen LogP contribution in [0.4, 0.5) is 0 Å². The van der Waals surface area contributed by atoms with E-state index in [2.05, 4.69) is 22.3 Å². The number of amides is 1. The van der Waals surface area contributed by atoms with Crippen molar-refractivity contribution in [1.29, 1.82) is 0 Å². The van der Waals surface area contributed by atoms with Crippen molar-refractivity contribution < 1.29 is 9.53 Å². The molecule has 2 atom stereocenters. The Morgan fingerprint density at radius 2 is 2.19 bits per heavy atom. The van der Waals surface area contributed by atoms with E-state index in [1.807, 2.05) is 19.1 Å². The summed E-state index contributed by atoms with van der Waals surface area (Å²) < 4.78 is 5.04. The van der Waals surface area contributed by atoms with E-state index in [1.54, 1.807) is 7.11 Å². The van der Waals surface area contributed by atoms with Crippen LogP contribution in [-0.4, -0.2) is 43.7 Å². The minimum atomic E-state index is 0.0408. The molecule has 4 nitrogen and oxygen atoms in total. The van der Waals surface area contributed by atoms with Gasteiger partial charge >= 0.3 is 0 Å². The second-order valence-corrected chi connectivity index (χ2v) is 6.04. The standard InChI is InChI=1S/C16H23ClN2O2/c1-12(11-21-2)18-16(20)10-19-9-3-4-15(19)13-5-7-14(17)8-6-13/h5-8,12,15H,3-4,9-11H2,1-2H3,(H,18,20)/t12-,15+/m0/s1. The molecule has 0 bridgehead atoms. The first kappa shape index (κ1) is 16.3. The Bertz CT molecular complexity index is 464. The molecular formula is C16H23ClN2O2. The van der Waals surface area contributed by atoms with Crippen molar-refractivity contribution >= 4 is 17.5 Å². The largest absolute Gasteiger partial charge is 0.383 e. The summed E-state index contributed by atoms with van der Waals surface area (Å²) in [6.45, 7) is 3.87. The van der Waals surface area contributed by atoms with Crippen LogP contribution in [0.5, 0.6) is 0 Å². The van der Waals surface area contributed by atoms with E-state index < -0.39 is 0 Å². The molecule has 116 valence electrons. The van der Waals surface area contributed by atoms with Crippen LogP contribution >= 0.6 is 11.6 Å². The zero-order chi connectivity index (χ0) is 15.2. The van der Waals surface area contributed by atoms with Gasteiger partial charge in [0.1, 0.15) is 0 Å². The first-order chi connectivity index (χ1) is 10.1. The first-order valence-electron chi connectivity index (χ1n) is 7.38. The molecule has 0 aliphatic carbocycles. The normalized spacial score (nSPS) is 20.4. The fourth-order valence-electron chi connectivity index (χ4n) is 2.87. The lowest BCUT2D eigenvalue weighted by atomic mass is 10.0. The van der Waals surface area contributed by atoms with Gasteiger partial charge in [0, 0.05) is 24.2 Å². The van der Waals surface area contributed by atoms with Gasteiger partial charge in [-0.2, -0.15) is 0 Å². The van der Waals surface area contributed by atoms with Gasteiger partial charge in [0.05, 0.1) is 13.2 Å². The molecule has 0 saturated carbocycles. The fraction of sp³-hybridized carbons (Fsp3) is 0.562. The van der Waals surface area contributed by atoms with E-state index >= 15 is 0 Å². The SMILES string of the molecule is COC[C@H](C)NC(=O)CN1CCC[C@@H]1c1ccc(Cl)cc1. The van der Waals surface area contributed by atoms with Crippen molar-refractivity contribution in [2.24, 2.45) is 0 Å². The number of nitrogens with zero attached hydrogens (tertiary/aromatic N) is 1. The minimum absolute atomic E-state index is 0.0408. The highest BCUT2D eigenvalue weighted by Crippen LogP contribution is 2.31. The van der Waals surface area contributed by atoms with Gasteiger partial charge in [-0.3, -0.25) is 9.69 Å². The molecule has 5 heteroatoms. The number of halogens is 1. The third kappa shape index (κ3) is 4.70. The maximum Gasteiger partial charge on any atom is 0.234 e. The maximum absolute atomic E-state index is 12.1. The molecule has 1 N–H and O–H groups in total. The second-order valence-electron chi connectivity index (χ2n) is 5.60. The first-order valence-corrected chi connectivity index (χ1v) is 7.75. The van der Waals surface area contributed by atoms with Gasteiger partial charge in [-0.15, -0.1) is 0 Å². The van der Waals surface area contributed by atoms with Crippen molar-refractivity contribution in [1.82, 2.24) is 10.2 Å². The van der Waals surface area contributed by atoms with Gasteiger partial charge in [-0.05, 0) is 44.0 Å². The van der Waals surface area contributed by atoms with Crippen LogP contribution in [0, 0.1) is 0 Å². The zero-order valence-electron chi connectivity index (χ0n) is 12.6. The van der Waals surface area contributed by atoms with Gasteiger partial charge < -0.3 is 10.1 Å². The van der Waals surface area contributed by atoms with Gasteiger partial charge in [0.15, 0.2) is 0 Å². The summed E-state index contributed by atoms with van der Waals surface area (Å²) in [7, 11) is 1.64. The Balaban J connectivity index is 1.92. The predicted molar refractivity (Wildman–Crippen MR) is 84.5 cm³/mol. The number of methoxy groups -OCH3 is 1. The molecule has 1 aliphatic heterocycles. The Kier molecular flexibility index (Phi) is 6.03. The number of nitrogens with one attached hydrogen (secondary N) is 1. The number of carbonyl (C=O) groups excluding carboxylic acids is 1. The van der Waals surface area contributed by atoms with Crippen LogP contribution in [0.25, 0.3) is 0 Å². The van der Waals surface area contributed by atoms with Crippen LogP contribution in [0.2, 0.25) is 5.02 Å². The predicted octanol–water partition coefficient (Wildman–Crippen LogP) is 2.63. The second kappa shape index (κ2) is 7.78. The summed E-state index contributed by atoms with van der Waals surface area (Å²) in [6.07, 6.45) is 2.21. The van der Waals surface area contributed by atoms with Gasteiger partial charge in [-0.1, -0.05) is 23.7 Å². The molecule has 0 unspecified atom stereocenters. The highest BCUT2D eigenvalue weighted by molar-refractivity contribution is 6.30. The lowest BCUT2D eigenvalue weighted by Gasteiger charge is -2.25. The van der Waals surface area contributed by atoms with Crippen LogP contribution in [0.1, 0.15) is 31.4 Å². The lowest BCUT2D eigenvalue weighted by molar-refractivity contribution is -0.123. The molecule has 1 aromatic rings. The van der Waals surface area contributed by atoms with E-state index in [-0.39, 0.29) is 11.9 Å². The van der Waals surface area contributed by atoms with Crippen LogP contribution in [0.3, 0.4) is 0 Å². The molecule has 0 radical (unpaired) electrons. The molecular weight excluding hydrogens is 288 g/mol. The Morgan fingerprint density at radius 3 is 2.86 bits per heavy atom. The number of carbonyl (C=O) groups is 1. The molecule has 2 rings (SSSR count). The zero-order valence-corrected chi connectivity index (χ0v) is 13.4. The summed E-state index contributed by atoms with van der Waals surface area (Å²) in [5, 5.41) is 3.71. The van der Waals surface area contributed by atoms with Crippen LogP contribution in [-0.2, 0) is 9.53 Å². The van der Waals surface area contributed by atoms with Gasteiger partial charge in [0.25, 0.3) is 0 Å². The van der Waals surface area contributed by atoms with E-state index in [9.17, 15) is 4.79 Å². The highest BCUT2D eigenvalue weighted by Gasteiger charge is 2.27. The Hall–Kier alpha value is -1.10. The number of hydrogen-bond donors (Lipinski definition) is 1. The summed E-state index contributed by atoms with van der Waals surface area (Å²) in [6, 6.07) is 8.28. The Morgan fingerprint density at radius 1 is 1.48 bits per heavy atom. The highest BCUT2D eigenvalue weighted by atomic mass is 35.5. The smallest absolute Gasteiger partial charge is 0.234 e. The number of hydrogen-bond acceptors (Lipinski definition) is 3. The van der Waals surface area contributed by atoms with E-state index in [0.717, 1.165) is 24.4 Å². The Labute approximate surface area is 131 Å². The number of ether oxygens (including phenoxy) is 1. The molecule has 1 fully saturated rings. The summed E-state index contributed by atoms with van der Waals surface area (Å²) >= 11 is 5.94. The summed E-state index contributed by atoms with van der Waals surface area (Å²) in [5.74, 6) is 0.0559. The van der Waals surface area contributed by atoms with Crippen LogP contribution < -0.4 is 5.32 Å². The third-order valence-electron chi connectivity index (χ3n) is 3.79. The molecule has 0 aromatic heterocycles. The molecule has 1 heterocycles. The topological polar surface area (TPSA) is 41.6 Å². The number of likely N-dealkylation sites (tertiary alicyclic amines) is 1. The van der Waals surface area contributed by atoms with Crippen molar-refractivity contribution in [3.8, 4) is 0 Å². The summed E-state index contributed by atoms with van der Waals surface area (Å²) in [5.41, 5.74) is 1.23. The molecule has 0 spiro atoms. The molecule has 1 aliphatic rings. The average molecular weight is 311 g/mol. The lowest BCUT2D eigenvalue weighted by Crippen LogP contribution is -2.42. The third-order valence-corrected chi connectivity index (χ3v) is 4.04. The average Bonchev–Trinajstić information content (AvgIpc) is 2.87. The van der Waals surface area contributed by atoms with E-state index in [4.69, 9.17) is 16.3 Å². The molecule has 21 heavy (non-hydrogen) atoms. The van der Waals surface area contributed by atoms with Crippen molar-refractivity contribution in [2.45, 2.75) is 31.8 Å². The fourth-order valence-corrected chi connectivity index (χ4v) is 3.00. The van der Waals surface area contributed by atoms with Gasteiger partial charge in [0.2, 0.25) is 5.91 Å². The van der Waals surface area contributed by atoms with Gasteiger partial charge in [-0.25, -0.2) is 0 Å². The monoisotopic (exact) mass is 310 g/mol. The maximum atomic E-state index is 12.1. The van der Waals surface area contributed by atoms with E-state index in [0.29, 0.717) is 19.2 Å². The van der Waals surface area contributed by atoms with Crippen molar-refractivity contribution in [3.63, 3.8) is 0 Å². The molecule has 1 aromatic carbocycles.